The summed E-state index contributed by atoms with van der Waals surface area (Å²) in [6.07, 6.45) is 8.86. The minimum Gasteiger partial charge on any atom is -0.387 e. The fourth-order valence-corrected chi connectivity index (χ4v) is 1.62. The fraction of sp³-hybridized carbons (Fsp3) is 0.214. The number of allylic oxidation sites excluding steroid dienone is 4. The third-order valence-electron chi connectivity index (χ3n) is 2.46. The van der Waals surface area contributed by atoms with Gasteiger partial charge in [-0.05, 0) is 18.6 Å². The fourth-order valence-electron chi connectivity index (χ4n) is 1.62. The van der Waals surface area contributed by atoms with Gasteiger partial charge in [-0.2, -0.15) is 0 Å². The summed E-state index contributed by atoms with van der Waals surface area (Å²) < 4.78 is 0. The van der Waals surface area contributed by atoms with Gasteiger partial charge in [0.15, 0.2) is 6.10 Å². The number of hydrogen-bond acceptors (Lipinski definition) is 2. The first kappa shape index (κ1) is 10.7. The molecule has 2 rings (SSSR count). The second-order valence-corrected chi connectivity index (χ2v) is 3.68. The van der Waals surface area contributed by atoms with Gasteiger partial charge in [-0.3, -0.25) is 0 Å². The molecule has 0 amide bonds. The van der Waals surface area contributed by atoms with Crippen LogP contribution >= 0.6 is 0 Å². The van der Waals surface area contributed by atoms with E-state index < -0.39 is 0 Å². The van der Waals surface area contributed by atoms with Crippen molar-refractivity contribution in [3.8, 4) is 0 Å². The minimum atomic E-state index is 0.0754. The normalized spacial score (nSPS) is 20.3. The van der Waals surface area contributed by atoms with Crippen LogP contribution in [0.2, 0.25) is 0 Å². The average Bonchev–Trinajstić information content (AvgIpc) is 2.79. The highest BCUT2D eigenvalue weighted by Gasteiger charge is 2.20. The molecular formula is C14H15NO. The Morgan fingerprint density at radius 3 is 2.81 bits per heavy atom. The van der Waals surface area contributed by atoms with Crippen LogP contribution in [0.25, 0.3) is 0 Å². The molecule has 0 saturated heterocycles. The van der Waals surface area contributed by atoms with Gasteiger partial charge in [0.2, 0.25) is 0 Å². The van der Waals surface area contributed by atoms with Crippen molar-refractivity contribution in [1.82, 2.24) is 0 Å². The lowest BCUT2D eigenvalue weighted by Gasteiger charge is -2.06. The van der Waals surface area contributed by atoms with Gasteiger partial charge in [-0.25, -0.2) is 0 Å². The molecule has 2 nitrogen and oxygen atoms in total. The van der Waals surface area contributed by atoms with Gasteiger partial charge in [-0.1, -0.05) is 53.7 Å². The van der Waals surface area contributed by atoms with Crippen LogP contribution in [0, 0.1) is 0 Å². The maximum atomic E-state index is 5.39. The van der Waals surface area contributed by atoms with Gasteiger partial charge in [0.25, 0.3) is 0 Å². The van der Waals surface area contributed by atoms with Crippen LogP contribution in [0.4, 0.5) is 0 Å². The number of benzene rings is 1. The summed E-state index contributed by atoms with van der Waals surface area (Å²) in [6, 6.07) is 10.2. The van der Waals surface area contributed by atoms with Gasteiger partial charge >= 0.3 is 0 Å². The summed E-state index contributed by atoms with van der Waals surface area (Å²) in [5, 5.41) is 4.06. The smallest absolute Gasteiger partial charge is 0.158 e. The summed E-state index contributed by atoms with van der Waals surface area (Å²) in [7, 11) is 0. The summed E-state index contributed by atoms with van der Waals surface area (Å²) >= 11 is 0. The molecule has 1 aliphatic heterocycles. The molecule has 0 aromatic heterocycles. The topological polar surface area (TPSA) is 21.6 Å². The predicted octanol–water partition coefficient (Wildman–Crippen LogP) is 3.64. The van der Waals surface area contributed by atoms with Gasteiger partial charge in [0.05, 0.1) is 5.71 Å². The molecule has 0 N–H and O–H groups in total. The van der Waals surface area contributed by atoms with Crippen molar-refractivity contribution in [2.45, 2.75) is 19.4 Å². The van der Waals surface area contributed by atoms with Crippen molar-refractivity contribution >= 4 is 5.71 Å². The van der Waals surface area contributed by atoms with E-state index in [1.165, 1.54) is 5.56 Å². The van der Waals surface area contributed by atoms with Crippen molar-refractivity contribution in [3.63, 3.8) is 0 Å². The van der Waals surface area contributed by atoms with Gasteiger partial charge in [-0.15, -0.1) is 0 Å². The summed E-state index contributed by atoms with van der Waals surface area (Å²) in [5.41, 5.74) is 2.17. The Morgan fingerprint density at radius 2 is 2.06 bits per heavy atom. The number of rotatable bonds is 3. The lowest BCUT2D eigenvalue weighted by atomic mass is 10.0. The predicted molar refractivity (Wildman–Crippen MR) is 66.3 cm³/mol. The van der Waals surface area contributed by atoms with Crippen LogP contribution in [-0.4, -0.2) is 5.71 Å². The lowest BCUT2D eigenvalue weighted by molar-refractivity contribution is 0.0857. The highest BCUT2D eigenvalue weighted by Crippen LogP contribution is 2.27. The van der Waals surface area contributed by atoms with E-state index in [0.29, 0.717) is 0 Å². The third kappa shape index (κ3) is 2.60. The van der Waals surface area contributed by atoms with E-state index in [1.807, 2.05) is 49.4 Å². The molecular weight excluding hydrogens is 198 g/mol. The van der Waals surface area contributed by atoms with Crippen molar-refractivity contribution in [2.75, 3.05) is 0 Å². The Hall–Kier alpha value is -1.83. The zero-order chi connectivity index (χ0) is 11.2. The second-order valence-electron chi connectivity index (χ2n) is 3.68. The molecule has 0 fully saturated rings. The molecule has 2 heteroatoms. The van der Waals surface area contributed by atoms with E-state index in [9.17, 15) is 0 Å². The van der Waals surface area contributed by atoms with Gasteiger partial charge in [0, 0.05) is 6.42 Å². The minimum absolute atomic E-state index is 0.0754. The van der Waals surface area contributed by atoms with E-state index in [4.69, 9.17) is 4.84 Å². The first-order valence-corrected chi connectivity index (χ1v) is 5.47. The monoisotopic (exact) mass is 213 g/mol. The van der Waals surface area contributed by atoms with E-state index in [1.54, 1.807) is 0 Å². The van der Waals surface area contributed by atoms with Gasteiger partial charge in [0.1, 0.15) is 0 Å². The van der Waals surface area contributed by atoms with Crippen LogP contribution in [0.1, 0.15) is 25.0 Å². The molecule has 1 heterocycles. The number of oxime groups is 1. The molecule has 0 radical (unpaired) electrons. The highest BCUT2D eigenvalue weighted by atomic mass is 16.6. The van der Waals surface area contributed by atoms with Crippen LogP contribution in [0.3, 0.4) is 0 Å². The van der Waals surface area contributed by atoms with Gasteiger partial charge < -0.3 is 4.84 Å². The molecule has 16 heavy (non-hydrogen) atoms. The quantitative estimate of drug-likeness (QED) is 0.702. The average molecular weight is 213 g/mol. The van der Waals surface area contributed by atoms with Crippen LogP contribution in [0.5, 0.6) is 0 Å². The maximum Gasteiger partial charge on any atom is 0.158 e. The molecule has 1 aromatic carbocycles. The molecule has 1 atom stereocenters. The molecule has 1 aromatic rings. The molecule has 0 saturated carbocycles. The van der Waals surface area contributed by atoms with Crippen LogP contribution in [0.15, 0.2) is 59.8 Å². The SMILES string of the molecule is CC=CC=CC1=NOC(c2ccccc2)C1. The Kier molecular flexibility index (Phi) is 3.54. The summed E-state index contributed by atoms with van der Waals surface area (Å²) in [4.78, 5) is 5.39. The zero-order valence-electron chi connectivity index (χ0n) is 9.34. The Bertz CT molecular complexity index is 418. The molecule has 0 aliphatic carbocycles. The molecule has 1 aliphatic rings. The first-order chi connectivity index (χ1) is 7.90. The zero-order valence-corrected chi connectivity index (χ0v) is 9.34. The summed E-state index contributed by atoms with van der Waals surface area (Å²) in [6.45, 7) is 1.99. The van der Waals surface area contributed by atoms with E-state index in [-0.39, 0.29) is 6.10 Å². The maximum absolute atomic E-state index is 5.39. The Labute approximate surface area is 95.9 Å². The van der Waals surface area contributed by atoms with E-state index in [2.05, 4.69) is 17.3 Å². The summed E-state index contributed by atoms with van der Waals surface area (Å²) in [5.74, 6) is 0. The number of nitrogens with zero attached hydrogens (tertiary/aromatic N) is 1. The number of hydrogen-bond donors (Lipinski definition) is 0. The Balaban J connectivity index is 1.97. The second kappa shape index (κ2) is 5.31. The van der Waals surface area contributed by atoms with Crippen molar-refractivity contribution in [1.29, 1.82) is 0 Å². The van der Waals surface area contributed by atoms with Crippen LogP contribution < -0.4 is 0 Å². The Morgan fingerprint density at radius 1 is 1.25 bits per heavy atom. The highest BCUT2D eigenvalue weighted by molar-refractivity contribution is 5.95. The standard InChI is InChI=1S/C14H15NO/c1-2-3-5-10-13-11-14(16-15-13)12-8-6-4-7-9-12/h2-10,14H,11H2,1H3. The molecule has 0 bridgehead atoms. The van der Waals surface area contributed by atoms with E-state index >= 15 is 0 Å². The van der Waals surface area contributed by atoms with Crippen LogP contribution in [-0.2, 0) is 4.84 Å². The first-order valence-electron chi connectivity index (χ1n) is 5.47. The lowest BCUT2D eigenvalue weighted by Crippen LogP contribution is -1.97. The third-order valence-corrected chi connectivity index (χ3v) is 2.46. The van der Waals surface area contributed by atoms with Crippen molar-refractivity contribution in [2.24, 2.45) is 5.16 Å². The van der Waals surface area contributed by atoms with Crippen molar-refractivity contribution in [3.05, 3.63) is 60.2 Å². The molecule has 0 spiro atoms. The molecule has 82 valence electrons. The van der Waals surface area contributed by atoms with E-state index in [0.717, 1.165) is 12.1 Å². The largest absolute Gasteiger partial charge is 0.387 e. The molecule has 1 unspecified atom stereocenters. The van der Waals surface area contributed by atoms with Crippen molar-refractivity contribution < 1.29 is 4.84 Å².